The Bertz CT molecular complexity index is 572. The second kappa shape index (κ2) is 10.4. The highest BCUT2D eigenvalue weighted by molar-refractivity contribution is 6.04. The molecule has 1 rings (SSSR count). The van der Waals surface area contributed by atoms with Crippen LogP contribution in [0, 0.1) is 5.92 Å². The molecule has 2 amide bonds. The average molecular weight is 336 g/mol. The number of para-hydroxylation sites is 1. The highest BCUT2D eigenvalue weighted by Crippen LogP contribution is 2.15. The largest absolute Gasteiger partial charge is 0.454 e. The van der Waals surface area contributed by atoms with E-state index in [1.807, 2.05) is 13.8 Å². The normalized spacial score (nSPS) is 10.3. The quantitative estimate of drug-likeness (QED) is 0.668. The Kier molecular flexibility index (Phi) is 8.49. The summed E-state index contributed by atoms with van der Waals surface area (Å²) in [7, 11) is 0. The van der Waals surface area contributed by atoms with Gasteiger partial charge in [0.15, 0.2) is 6.61 Å². The van der Waals surface area contributed by atoms with Gasteiger partial charge in [0.25, 0.3) is 11.8 Å². The number of carbonyl (C=O) groups excluding carboxylic acids is 3. The van der Waals surface area contributed by atoms with Gasteiger partial charge in [-0.2, -0.15) is 0 Å². The number of benzene rings is 1. The number of amides is 2. The maximum atomic E-state index is 12.2. The molecule has 0 fully saturated rings. The molecule has 1 aromatic rings. The molecule has 0 aromatic heterocycles. The maximum absolute atomic E-state index is 12.2. The van der Waals surface area contributed by atoms with Gasteiger partial charge >= 0.3 is 5.97 Å². The number of hydrogen-bond acceptors (Lipinski definition) is 5. The van der Waals surface area contributed by atoms with E-state index in [-0.39, 0.29) is 12.5 Å². The van der Waals surface area contributed by atoms with Crippen LogP contribution in [0.5, 0.6) is 0 Å². The Labute approximate surface area is 141 Å². The van der Waals surface area contributed by atoms with Crippen LogP contribution < -0.4 is 10.6 Å². The lowest BCUT2D eigenvalue weighted by molar-refractivity contribution is -0.151. The molecule has 0 atom stereocenters. The number of ether oxygens (including phenoxy) is 2. The van der Waals surface area contributed by atoms with Crippen molar-refractivity contribution in [2.24, 2.45) is 5.92 Å². The first-order valence-corrected chi connectivity index (χ1v) is 7.84. The smallest absolute Gasteiger partial charge is 0.332 e. The van der Waals surface area contributed by atoms with Crippen molar-refractivity contribution in [1.29, 1.82) is 0 Å². The Morgan fingerprint density at radius 2 is 1.83 bits per heavy atom. The predicted octanol–water partition coefficient (Wildman–Crippen LogP) is 1.59. The minimum absolute atomic E-state index is 0.196. The summed E-state index contributed by atoms with van der Waals surface area (Å²) in [5, 5.41) is 5.37. The fourth-order valence-corrected chi connectivity index (χ4v) is 1.74. The Morgan fingerprint density at radius 1 is 1.12 bits per heavy atom. The van der Waals surface area contributed by atoms with E-state index in [4.69, 9.17) is 9.47 Å². The second-order valence-electron chi connectivity index (χ2n) is 5.50. The minimum Gasteiger partial charge on any atom is -0.454 e. The molecule has 0 unspecified atom stereocenters. The van der Waals surface area contributed by atoms with Crippen molar-refractivity contribution < 1.29 is 23.9 Å². The molecule has 0 saturated heterocycles. The van der Waals surface area contributed by atoms with E-state index >= 15 is 0 Å². The lowest BCUT2D eigenvalue weighted by Crippen LogP contribution is -2.29. The van der Waals surface area contributed by atoms with Crippen LogP contribution in [0.15, 0.2) is 24.3 Å². The molecule has 7 heteroatoms. The molecule has 0 aliphatic rings. The van der Waals surface area contributed by atoms with Crippen molar-refractivity contribution in [2.75, 3.05) is 31.7 Å². The fraction of sp³-hybridized carbons (Fsp3) is 0.471. The first-order valence-electron chi connectivity index (χ1n) is 7.84. The van der Waals surface area contributed by atoms with Crippen molar-refractivity contribution in [3.8, 4) is 0 Å². The molecule has 7 nitrogen and oxygen atoms in total. The van der Waals surface area contributed by atoms with Crippen LogP contribution in [-0.2, 0) is 19.1 Å². The van der Waals surface area contributed by atoms with E-state index in [1.54, 1.807) is 31.2 Å². The van der Waals surface area contributed by atoms with Gasteiger partial charge in [0.1, 0.15) is 6.61 Å². The lowest BCUT2D eigenvalue weighted by Gasteiger charge is -2.12. The number of carbonyl (C=O) groups is 3. The first kappa shape index (κ1) is 19.6. The van der Waals surface area contributed by atoms with Crippen molar-refractivity contribution >= 4 is 23.5 Å². The summed E-state index contributed by atoms with van der Waals surface area (Å²) in [6, 6.07) is 6.65. The van der Waals surface area contributed by atoms with Crippen LogP contribution >= 0.6 is 0 Å². The van der Waals surface area contributed by atoms with Gasteiger partial charge in [-0.25, -0.2) is 4.79 Å². The Morgan fingerprint density at radius 3 is 2.50 bits per heavy atom. The highest BCUT2D eigenvalue weighted by atomic mass is 16.6. The number of rotatable bonds is 9. The number of hydrogen-bond donors (Lipinski definition) is 2. The fourth-order valence-electron chi connectivity index (χ4n) is 1.74. The number of anilines is 1. The summed E-state index contributed by atoms with van der Waals surface area (Å²) < 4.78 is 9.66. The molecule has 0 spiro atoms. The van der Waals surface area contributed by atoms with Crippen molar-refractivity contribution in [3.05, 3.63) is 29.8 Å². The second-order valence-corrected chi connectivity index (χ2v) is 5.50. The molecular formula is C17H24N2O5. The van der Waals surface area contributed by atoms with Crippen molar-refractivity contribution in [3.63, 3.8) is 0 Å². The molecule has 132 valence electrons. The third-order valence-corrected chi connectivity index (χ3v) is 2.90. The molecule has 0 saturated carbocycles. The van der Waals surface area contributed by atoms with Crippen LogP contribution in [0.1, 0.15) is 31.1 Å². The SMILES string of the molecule is CCOCC(=O)OCC(=O)Nc1ccccc1C(=O)NCC(C)C. The van der Waals surface area contributed by atoms with Crippen LogP contribution in [0.3, 0.4) is 0 Å². The van der Waals surface area contributed by atoms with Gasteiger partial charge in [-0.05, 0) is 25.0 Å². The number of esters is 1. The predicted molar refractivity (Wildman–Crippen MR) is 89.7 cm³/mol. The minimum atomic E-state index is -0.616. The summed E-state index contributed by atoms with van der Waals surface area (Å²) >= 11 is 0. The van der Waals surface area contributed by atoms with Gasteiger partial charge < -0.3 is 20.1 Å². The molecule has 0 aliphatic carbocycles. The summed E-state index contributed by atoms with van der Waals surface area (Å²) in [4.78, 5) is 35.3. The monoisotopic (exact) mass is 336 g/mol. The molecule has 0 aliphatic heterocycles. The van der Waals surface area contributed by atoms with Gasteiger partial charge in [0.2, 0.25) is 0 Å². The van der Waals surface area contributed by atoms with E-state index in [0.29, 0.717) is 30.3 Å². The molecule has 1 aromatic carbocycles. The van der Waals surface area contributed by atoms with Gasteiger partial charge in [0, 0.05) is 13.2 Å². The van der Waals surface area contributed by atoms with E-state index in [1.165, 1.54) is 0 Å². The zero-order chi connectivity index (χ0) is 17.9. The van der Waals surface area contributed by atoms with Crippen LogP contribution in [0.4, 0.5) is 5.69 Å². The molecule has 0 radical (unpaired) electrons. The summed E-state index contributed by atoms with van der Waals surface area (Å²) in [6.45, 7) is 6.03. The van der Waals surface area contributed by atoms with Gasteiger partial charge in [-0.1, -0.05) is 26.0 Å². The van der Waals surface area contributed by atoms with Gasteiger partial charge in [-0.3, -0.25) is 9.59 Å². The molecule has 2 N–H and O–H groups in total. The summed E-state index contributed by atoms with van der Waals surface area (Å²) in [5.41, 5.74) is 0.719. The standard InChI is InChI=1S/C17H24N2O5/c1-4-23-11-16(21)24-10-15(20)19-14-8-6-5-7-13(14)17(22)18-9-12(2)3/h5-8,12H,4,9-11H2,1-3H3,(H,18,22)(H,19,20). The van der Waals surface area contributed by atoms with E-state index in [0.717, 1.165) is 0 Å². The average Bonchev–Trinajstić information content (AvgIpc) is 2.56. The van der Waals surface area contributed by atoms with E-state index < -0.39 is 18.5 Å². The zero-order valence-corrected chi connectivity index (χ0v) is 14.3. The van der Waals surface area contributed by atoms with Crippen molar-refractivity contribution in [2.45, 2.75) is 20.8 Å². The third-order valence-electron chi connectivity index (χ3n) is 2.90. The maximum Gasteiger partial charge on any atom is 0.332 e. The highest BCUT2D eigenvalue weighted by Gasteiger charge is 2.14. The molecule has 0 heterocycles. The molecular weight excluding hydrogens is 312 g/mol. The molecule has 0 bridgehead atoms. The van der Waals surface area contributed by atoms with Crippen LogP contribution in [0.2, 0.25) is 0 Å². The van der Waals surface area contributed by atoms with Crippen molar-refractivity contribution in [1.82, 2.24) is 5.32 Å². The van der Waals surface area contributed by atoms with Gasteiger partial charge in [-0.15, -0.1) is 0 Å². The van der Waals surface area contributed by atoms with Gasteiger partial charge in [0.05, 0.1) is 11.3 Å². The topological polar surface area (TPSA) is 93.7 Å². The third kappa shape index (κ3) is 7.23. The Hall–Kier alpha value is -2.41. The first-order chi connectivity index (χ1) is 11.4. The lowest BCUT2D eigenvalue weighted by atomic mass is 10.1. The van der Waals surface area contributed by atoms with Crippen LogP contribution in [-0.4, -0.2) is 44.1 Å². The number of nitrogens with one attached hydrogen (secondary N) is 2. The Balaban J connectivity index is 2.59. The van der Waals surface area contributed by atoms with E-state index in [2.05, 4.69) is 10.6 Å². The van der Waals surface area contributed by atoms with Crippen LogP contribution in [0.25, 0.3) is 0 Å². The molecule has 24 heavy (non-hydrogen) atoms. The van der Waals surface area contributed by atoms with E-state index in [9.17, 15) is 14.4 Å². The zero-order valence-electron chi connectivity index (χ0n) is 14.3. The summed E-state index contributed by atoms with van der Waals surface area (Å²) in [6.07, 6.45) is 0. The summed E-state index contributed by atoms with van der Waals surface area (Å²) in [5.74, 6) is -1.09.